The maximum Gasteiger partial charge on any atom is 0.338 e. The fourth-order valence-corrected chi connectivity index (χ4v) is 8.00. The summed E-state index contributed by atoms with van der Waals surface area (Å²) < 4.78 is 5.43. The van der Waals surface area contributed by atoms with Crippen molar-refractivity contribution >= 4 is 52.5 Å². The third kappa shape index (κ3) is 3.73. The Bertz CT molecular complexity index is 1730. The Balaban J connectivity index is 1.19. The Morgan fingerprint density at radius 1 is 0.698 bits per heavy atom. The lowest BCUT2D eigenvalue weighted by molar-refractivity contribution is -0.122. The number of amides is 2. The second-order valence-corrected chi connectivity index (χ2v) is 12.5. The minimum absolute atomic E-state index is 0.173. The van der Waals surface area contributed by atoms with Gasteiger partial charge in [0.05, 0.1) is 23.1 Å². The van der Waals surface area contributed by atoms with Gasteiger partial charge in [-0.1, -0.05) is 78.4 Å². The molecule has 4 aromatic carbocycles. The molecule has 0 unspecified atom stereocenters. The van der Waals surface area contributed by atoms with Crippen molar-refractivity contribution in [2.45, 2.75) is 29.7 Å². The first kappa shape index (κ1) is 27.6. The van der Waals surface area contributed by atoms with Gasteiger partial charge in [-0.3, -0.25) is 14.4 Å². The predicted octanol–water partition coefficient (Wildman–Crippen LogP) is 6.52. The molecule has 1 fully saturated rings. The van der Waals surface area contributed by atoms with Gasteiger partial charge in [-0.2, -0.15) is 0 Å². The second kappa shape index (κ2) is 9.63. The fourth-order valence-electron chi connectivity index (χ4n) is 6.90. The lowest BCUT2D eigenvalue weighted by atomic mass is 9.54. The molecule has 0 saturated carbocycles. The van der Waals surface area contributed by atoms with Gasteiger partial charge in [0.2, 0.25) is 17.6 Å². The maximum absolute atomic E-state index is 14.1. The molecular formula is C35H25Cl2NO5. The summed E-state index contributed by atoms with van der Waals surface area (Å²) in [5, 5.41) is 0. The Morgan fingerprint density at radius 3 is 1.56 bits per heavy atom. The van der Waals surface area contributed by atoms with Crippen LogP contribution in [0.3, 0.4) is 0 Å². The van der Waals surface area contributed by atoms with Gasteiger partial charge in [-0.05, 0) is 60.4 Å². The number of halogens is 2. The molecule has 1 heterocycles. The third-order valence-electron chi connectivity index (χ3n) is 8.94. The number of ketones is 1. The van der Waals surface area contributed by atoms with Crippen LogP contribution in [0.5, 0.6) is 0 Å². The Labute approximate surface area is 258 Å². The van der Waals surface area contributed by atoms with E-state index in [9.17, 15) is 19.2 Å². The highest BCUT2D eigenvalue weighted by molar-refractivity contribution is 6.38. The number of hydrogen-bond donors (Lipinski definition) is 0. The van der Waals surface area contributed by atoms with E-state index in [0.717, 1.165) is 32.7 Å². The maximum atomic E-state index is 14.1. The van der Waals surface area contributed by atoms with Crippen molar-refractivity contribution in [3.05, 3.63) is 136 Å². The molecule has 3 atom stereocenters. The normalized spacial score (nSPS) is 25.5. The van der Waals surface area contributed by atoms with Crippen LogP contribution in [0.2, 0.25) is 0 Å². The van der Waals surface area contributed by atoms with E-state index in [4.69, 9.17) is 27.9 Å². The highest BCUT2D eigenvalue weighted by Crippen LogP contribution is 2.69. The van der Waals surface area contributed by atoms with Crippen LogP contribution >= 0.6 is 23.2 Å². The number of Topliss-reactive ketones (excluding diaryl/α,β-unsaturated/α-hetero) is 1. The van der Waals surface area contributed by atoms with Crippen molar-refractivity contribution in [1.29, 1.82) is 0 Å². The summed E-state index contributed by atoms with van der Waals surface area (Å²) in [7, 11) is 0. The number of aryl methyl sites for hydroxylation is 1. The summed E-state index contributed by atoms with van der Waals surface area (Å²) in [5.41, 5.74) is 4.82. The number of ether oxygens (including phenoxy) is 1. The van der Waals surface area contributed by atoms with Gasteiger partial charge in [0.25, 0.3) is 0 Å². The lowest BCUT2D eigenvalue weighted by Crippen LogP contribution is -2.57. The minimum atomic E-state index is -1.28. The van der Waals surface area contributed by atoms with E-state index >= 15 is 0 Å². The smallest absolute Gasteiger partial charge is 0.338 e. The highest BCUT2D eigenvalue weighted by atomic mass is 35.5. The summed E-state index contributed by atoms with van der Waals surface area (Å²) in [6.45, 7) is 3.44. The number of nitrogens with zero attached hydrogens (tertiary/aromatic N) is 1. The largest absolute Gasteiger partial charge is 0.451 e. The van der Waals surface area contributed by atoms with Crippen molar-refractivity contribution in [2.24, 2.45) is 11.8 Å². The van der Waals surface area contributed by atoms with Crippen LogP contribution in [-0.4, -0.2) is 29.7 Å². The molecule has 214 valence electrons. The number of carbonyl (C=O) groups is 4. The number of imide groups is 1. The van der Waals surface area contributed by atoms with Crippen LogP contribution < -0.4 is 4.90 Å². The predicted molar refractivity (Wildman–Crippen MR) is 162 cm³/mol. The van der Waals surface area contributed by atoms with Gasteiger partial charge in [-0.25, -0.2) is 9.69 Å². The zero-order chi connectivity index (χ0) is 30.3. The molecular weight excluding hydrogens is 585 g/mol. The zero-order valence-electron chi connectivity index (χ0n) is 23.2. The summed E-state index contributed by atoms with van der Waals surface area (Å²) in [5.74, 6) is -3.78. The molecule has 0 spiro atoms. The van der Waals surface area contributed by atoms with Crippen molar-refractivity contribution < 1.29 is 23.9 Å². The molecule has 8 heteroatoms. The van der Waals surface area contributed by atoms with E-state index in [1.54, 1.807) is 12.1 Å². The molecule has 6 nitrogen and oxygen atoms in total. The quantitative estimate of drug-likeness (QED) is 0.111. The molecule has 1 saturated heterocycles. The van der Waals surface area contributed by atoms with E-state index < -0.39 is 45.5 Å². The van der Waals surface area contributed by atoms with Gasteiger partial charge in [-0.15, -0.1) is 23.2 Å². The third-order valence-corrected chi connectivity index (χ3v) is 10.2. The number of carbonyl (C=O) groups excluding carboxylic acids is 4. The first-order chi connectivity index (χ1) is 20.6. The molecule has 2 amide bonds. The van der Waals surface area contributed by atoms with Crippen LogP contribution in [0.4, 0.5) is 5.69 Å². The Hall–Kier alpha value is -4.26. The van der Waals surface area contributed by atoms with Gasteiger partial charge in [0.1, 0.15) is 9.75 Å². The van der Waals surface area contributed by atoms with E-state index in [1.165, 1.54) is 31.2 Å². The lowest BCUT2D eigenvalue weighted by Gasteiger charge is -2.54. The van der Waals surface area contributed by atoms with E-state index in [1.807, 2.05) is 67.6 Å². The average Bonchev–Trinajstić information content (AvgIpc) is 3.30. The van der Waals surface area contributed by atoms with E-state index in [2.05, 4.69) is 0 Å². The molecule has 43 heavy (non-hydrogen) atoms. The Kier molecular flexibility index (Phi) is 6.17. The SMILES string of the molecule is Cc1ccc(C(=O)[C@H](C)OC(=O)c2ccc(N3C(=O)[C@@H]4[C@@H](C3=O)C3(Cl)c5ccccc5C4(Cl)c4ccccc43)cc2)cc1. The van der Waals surface area contributed by atoms with Crippen LogP contribution in [-0.2, 0) is 24.1 Å². The standard InChI is InChI=1S/C35H25Cl2NO5/c1-19-11-13-21(14-12-19)30(39)20(2)43-33(42)22-15-17-23(18-16-22)38-31(40)28-29(32(38)41)35(37)25-8-4-3-7-24(25)34(28,36)26-9-5-6-10-27(26)35/h3-18,20,28-29H,1-2H3/t20-,28-,29-,34?,35?/m0/s1. The van der Waals surface area contributed by atoms with Crippen molar-refractivity contribution in [1.82, 2.24) is 0 Å². The number of rotatable bonds is 5. The molecule has 1 aliphatic heterocycles. The summed E-state index contributed by atoms with van der Waals surface area (Å²) in [4.78, 5) is 52.5. The Morgan fingerprint density at radius 2 is 1.12 bits per heavy atom. The molecule has 3 aliphatic carbocycles. The number of esters is 1. The molecule has 0 N–H and O–H groups in total. The number of alkyl halides is 2. The van der Waals surface area contributed by atoms with Crippen molar-refractivity contribution in [3.8, 4) is 0 Å². The number of hydrogen-bond acceptors (Lipinski definition) is 5. The van der Waals surface area contributed by atoms with E-state index in [-0.39, 0.29) is 17.0 Å². The molecule has 0 aromatic heterocycles. The summed E-state index contributed by atoms with van der Waals surface area (Å²) in [6, 6.07) is 27.9. The zero-order valence-corrected chi connectivity index (χ0v) is 24.7. The minimum Gasteiger partial charge on any atom is -0.451 e. The summed E-state index contributed by atoms with van der Waals surface area (Å²) >= 11 is 15.0. The van der Waals surface area contributed by atoms with E-state index in [0.29, 0.717) is 5.56 Å². The van der Waals surface area contributed by atoms with Crippen molar-refractivity contribution in [2.75, 3.05) is 4.90 Å². The molecule has 4 aliphatic rings. The van der Waals surface area contributed by atoms with Crippen LogP contribution in [0.1, 0.15) is 55.5 Å². The number of anilines is 1. The van der Waals surface area contributed by atoms with Crippen LogP contribution in [0, 0.1) is 18.8 Å². The molecule has 2 bridgehead atoms. The topological polar surface area (TPSA) is 80.8 Å². The van der Waals surface area contributed by atoms with Gasteiger partial charge >= 0.3 is 5.97 Å². The van der Waals surface area contributed by atoms with Gasteiger partial charge in [0.15, 0.2) is 6.10 Å². The van der Waals surface area contributed by atoms with Crippen LogP contribution in [0.15, 0.2) is 97.1 Å². The number of benzene rings is 4. The first-order valence-electron chi connectivity index (χ1n) is 14.0. The summed E-state index contributed by atoms with van der Waals surface area (Å²) in [6.07, 6.45) is -1.00. The molecule has 4 aromatic rings. The van der Waals surface area contributed by atoms with Gasteiger partial charge < -0.3 is 4.74 Å². The first-order valence-corrected chi connectivity index (χ1v) is 14.7. The average molecular weight is 610 g/mol. The monoisotopic (exact) mass is 609 g/mol. The van der Waals surface area contributed by atoms with Crippen molar-refractivity contribution in [3.63, 3.8) is 0 Å². The van der Waals surface area contributed by atoms with Gasteiger partial charge in [0, 0.05) is 5.56 Å². The van der Waals surface area contributed by atoms with Crippen LogP contribution in [0.25, 0.3) is 0 Å². The molecule has 0 radical (unpaired) electrons. The fraction of sp³-hybridized carbons (Fsp3) is 0.200. The highest BCUT2D eigenvalue weighted by Gasteiger charge is 2.73. The second-order valence-electron chi connectivity index (χ2n) is 11.3. The molecule has 8 rings (SSSR count).